The summed E-state index contributed by atoms with van der Waals surface area (Å²) in [7, 11) is 0. The molecule has 204 valence electrons. The number of nitrogens with zero attached hydrogens (tertiary/aromatic N) is 3. The maximum absolute atomic E-state index is 13.3. The Kier molecular flexibility index (Phi) is 7.83. The third kappa shape index (κ3) is 6.21. The van der Waals surface area contributed by atoms with Crippen LogP contribution in [0.15, 0.2) is 54.7 Å². The molecular weight excluding hydrogens is 518 g/mol. The highest BCUT2D eigenvalue weighted by molar-refractivity contribution is 6.33. The fraction of sp³-hybridized carbons (Fsp3) is 0.379. The molecule has 1 atom stereocenters. The van der Waals surface area contributed by atoms with E-state index in [0.29, 0.717) is 47.6 Å². The lowest BCUT2D eigenvalue weighted by Gasteiger charge is -2.31. The normalized spacial score (nSPS) is 16.6. The molecule has 0 radical (unpaired) electrons. The maximum atomic E-state index is 13.3. The van der Waals surface area contributed by atoms with E-state index in [1.165, 1.54) is 4.90 Å². The Labute approximate surface area is 232 Å². The first-order valence-electron chi connectivity index (χ1n) is 13.0. The third-order valence-electron chi connectivity index (χ3n) is 7.04. The predicted octanol–water partition coefficient (Wildman–Crippen LogP) is 3.97. The zero-order chi connectivity index (χ0) is 27.6. The standard InChI is InChI=1S/C29H32ClN5O4/c1-29(2,38)26(18-6-4-3-5-7-18)33-24(36)17-35-16-20-9-8-19(14-22(20)27(35)37)25-23(30)15-31-28(34-25)32-21-10-12-39-13-11-21/h3-9,14-15,21,26,38H,10-13,16-17H2,1-2H3,(H,33,36)(H,31,32,34). The summed E-state index contributed by atoms with van der Waals surface area (Å²) in [5.41, 5.74) is 2.15. The minimum Gasteiger partial charge on any atom is -0.388 e. The Hall–Kier alpha value is -3.53. The van der Waals surface area contributed by atoms with Gasteiger partial charge in [-0.2, -0.15) is 0 Å². The second-order valence-corrected chi connectivity index (χ2v) is 10.9. The van der Waals surface area contributed by atoms with Gasteiger partial charge >= 0.3 is 0 Å². The van der Waals surface area contributed by atoms with Crippen molar-refractivity contribution in [1.29, 1.82) is 0 Å². The zero-order valence-corrected chi connectivity index (χ0v) is 22.7. The number of carbonyl (C=O) groups is 2. The summed E-state index contributed by atoms with van der Waals surface area (Å²) in [5.74, 6) is -0.117. The van der Waals surface area contributed by atoms with E-state index in [0.717, 1.165) is 24.0 Å². The number of benzene rings is 2. The molecule has 3 aromatic rings. The molecule has 10 heteroatoms. The van der Waals surface area contributed by atoms with Crippen LogP contribution in [0.25, 0.3) is 11.3 Å². The van der Waals surface area contributed by atoms with Crippen molar-refractivity contribution in [3.8, 4) is 11.3 Å². The Morgan fingerprint density at radius 1 is 1.21 bits per heavy atom. The van der Waals surface area contributed by atoms with Crippen LogP contribution in [0, 0.1) is 0 Å². The van der Waals surface area contributed by atoms with E-state index in [1.807, 2.05) is 42.5 Å². The summed E-state index contributed by atoms with van der Waals surface area (Å²) in [6, 6.07) is 14.4. The monoisotopic (exact) mass is 549 g/mol. The number of carbonyl (C=O) groups excluding carboxylic acids is 2. The summed E-state index contributed by atoms with van der Waals surface area (Å²) >= 11 is 6.45. The molecule has 2 aromatic carbocycles. The zero-order valence-electron chi connectivity index (χ0n) is 22.0. The van der Waals surface area contributed by atoms with Crippen LogP contribution in [-0.4, -0.2) is 63.2 Å². The lowest BCUT2D eigenvalue weighted by Crippen LogP contribution is -2.46. The van der Waals surface area contributed by atoms with Crippen molar-refractivity contribution in [3.05, 3.63) is 76.4 Å². The summed E-state index contributed by atoms with van der Waals surface area (Å²) in [4.78, 5) is 36.7. The molecule has 1 fully saturated rings. The lowest BCUT2D eigenvalue weighted by molar-refractivity contribution is -0.124. The van der Waals surface area contributed by atoms with E-state index < -0.39 is 11.6 Å². The van der Waals surface area contributed by atoms with Gasteiger partial charge in [-0.1, -0.05) is 54.1 Å². The molecule has 1 saturated heterocycles. The highest BCUT2D eigenvalue weighted by Gasteiger charge is 2.33. The van der Waals surface area contributed by atoms with Crippen molar-refractivity contribution in [2.45, 2.75) is 50.9 Å². The van der Waals surface area contributed by atoms with Gasteiger partial charge in [0.25, 0.3) is 5.91 Å². The van der Waals surface area contributed by atoms with Crippen LogP contribution in [-0.2, 0) is 16.1 Å². The largest absolute Gasteiger partial charge is 0.388 e. The van der Waals surface area contributed by atoms with Crippen molar-refractivity contribution in [1.82, 2.24) is 20.2 Å². The number of hydrogen-bond donors (Lipinski definition) is 3. The Morgan fingerprint density at radius 2 is 1.95 bits per heavy atom. The minimum absolute atomic E-state index is 0.129. The number of aliphatic hydroxyl groups is 1. The maximum Gasteiger partial charge on any atom is 0.254 e. The number of hydrogen-bond acceptors (Lipinski definition) is 7. The van der Waals surface area contributed by atoms with Crippen molar-refractivity contribution < 1.29 is 19.4 Å². The van der Waals surface area contributed by atoms with Gasteiger partial charge in [0.1, 0.15) is 6.54 Å². The number of nitrogens with one attached hydrogen (secondary N) is 2. The highest BCUT2D eigenvalue weighted by atomic mass is 35.5. The van der Waals surface area contributed by atoms with Crippen LogP contribution in [0.3, 0.4) is 0 Å². The van der Waals surface area contributed by atoms with Crippen molar-refractivity contribution in [2.75, 3.05) is 25.1 Å². The van der Waals surface area contributed by atoms with E-state index in [9.17, 15) is 14.7 Å². The third-order valence-corrected chi connectivity index (χ3v) is 7.32. The van der Waals surface area contributed by atoms with Gasteiger partial charge in [-0.3, -0.25) is 9.59 Å². The van der Waals surface area contributed by atoms with Crippen LogP contribution in [0.1, 0.15) is 54.2 Å². The molecule has 0 spiro atoms. The first kappa shape index (κ1) is 27.1. The molecular formula is C29H32ClN5O4. The number of rotatable bonds is 8. The molecule has 0 aliphatic carbocycles. The van der Waals surface area contributed by atoms with Crippen LogP contribution in [0.2, 0.25) is 5.02 Å². The molecule has 2 aliphatic heterocycles. The highest BCUT2D eigenvalue weighted by Crippen LogP contribution is 2.32. The molecule has 1 aromatic heterocycles. The predicted molar refractivity (Wildman–Crippen MR) is 148 cm³/mol. The molecule has 39 heavy (non-hydrogen) atoms. The number of amides is 2. The molecule has 9 nitrogen and oxygen atoms in total. The topological polar surface area (TPSA) is 117 Å². The molecule has 0 saturated carbocycles. The fourth-order valence-electron chi connectivity index (χ4n) is 4.99. The van der Waals surface area contributed by atoms with Gasteiger partial charge in [-0.15, -0.1) is 0 Å². The summed E-state index contributed by atoms with van der Waals surface area (Å²) < 4.78 is 5.41. The van der Waals surface area contributed by atoms with Gasteiger partial charge in [0.2, 0.25) is 11.9 Å². The number of fused-ring (bicyclic) bond motifs is 1. The lowest BCUT2D eigenvalue weighted by atomic mass is 9.92. The number of anilines is 1. The van der Waals surface area contributed by atoms with Crippen molar-refractivity contribution >= 4 is 29.4 Å². The fourth-order valence-corrected chi connectivity index (χ4v) is 5.19. The smallest absolute Gasteiger partial charge is 0.254 e. The van der Waals surface area contributed by atoms with E-state index in [4.69, 9.17) is 16.3 Å². The van der Waals surface area contributed by atoms with Gasteiger partial charge in [0, 0.05) is 36.9 Å². The molecule has 1 unspecified atom stereocenters. The molecule has 3 N–H and O–H groups in total. The quantitative estimate of drug-likeness (QED) is 0.389. The second-order valence-electron chi connectivity index (χ2n) is 10.5. The van der Waals surface area contributed by atoms with Crippen molar-refractivity contribution in [2.24, 2.45) is 0 Å². The number of aromatic nitrogens is 2. The van der Waals surface area contributed by atoms with E-state index >= 15 is 0 Å². The molecule has 5 rings (SSSR count). The SMILES string of the molecule is CC(C)(O)C(NC(=O)CN1Cc2ccc(-c3nc(NC4CCOCC4)ncc3Cl)cc2C1=O)c1ccccc1. The molecule has 2 amide bonds. The average Bonchev–Trinajstić information content (AvgIpc) is 3.23. The first-order chi connectivity index (χ1) is 18.7. The van der Waals surface area contributed by atoms with Gasteiger partial charge in [0.05, 0.1) is 28.6 Å². The van der Waals surface area contributed by atoms with Gasteiger partial charge in [-0.25, -0.2) is 9.97 Å². The Balaban J connectivity index is 1.29. The minimum atomic E-state index is -1.20. The van der Waals surface area contributed by atoms with E-state index in [1.54, 1.807) is 26.1 Å². The molecule has 3 heterocycles. The average molecular weight is 550 g/mol. The second kappa shape index (κ2) is 11.3. The summed E-state index contributed by atoms with van der Waals surface area (Å²) in [6.07, 6.45) is 3.31. The first-order valence-corrected chi connectivity index (χ1v) is 13.4. The van der Waals surface area contributed by atoms with Gasteiger partial charge in [-0.05, 0) is 43.9 Å². The molecule has 2 aliphatic rings. The Morgan fingerprint density at radius 3 is 2.67 bits per heavy atom. The Bertz CT molecular complexity index is 1360. The van der Waals surface area contributed by atoms with Crippen molar-refractivity contribution in [3.63, 3.8) is 0 Å². The van der Waals surface area contributed by atoms with Crippen LogP contribution in [0.4, 0.5) is 5.95 Å². The van der Waals surface area contributed by atoms with Gasteiger partial charge < -0.3 is 25.4 Å². The summed E-state index contributed by atoms with van der Waals surface area (Å²) in [6.45, 7) is 4.87. The summed E-state index contributed by atoms with van der Waals surface area (Å²) in [5, 5.41) is 17.3. The van der Waals surface area contributed by atoms with E-state index in [2.05, 4.69) is 20.6 Å². The number of ether oxygens (including phenoxy) is 1. The van der Waals surface area contributed by atoms with Crippen LogP contribution in [0.5, 0.6) is 0 Å². The van der Waals surface area contributed by atoms with E-state index in [-0.39, 0.29) is 24.4 Å². The van der Waals surface area contributed by atoms with Crippen LogP contribution < -0.4 is 10.6 Å². The molecule has 0 bridgehead atoms. The van der Waals surface area contributed by atoms with Gasteiger partial charge in [0.15, 0.2) is 0 Å². The number of halogens is 1. The van der Waals surface area contributed by atoms with Crippen LogP contribution >= 0.6 is 11.6 Å².